The first-order valence-corrected chi connectivity index (χ1v) is 10.8. The predicted molar refractivity (Wildman–Crippen MR) is 109 cm³/mol. The highest BCUT2D eigenvalue weighted by Crippen LogP contribution is 2.29. The molecule has 2 aromatic carbocycles. The summed E-state index contributed by atoms with van der Waals surface area (Å²) in [5, 5.41) is 21.1. The molecule has 0 aliphatic carbocycles. The summed E-state index contributed by atoms with van der Waals surface area (Å²) in [4.78, 5) is 12.0. The van der Waals surface area contributed by atoms with Gasteiger partial charge in [-0.15, -0.1) is 0 Å². The van der Waals surface area contributed by atoms with Crippen molar-refractivity contribution in [3.8, 4) is 0 Å². The molecular formula is C18H20Cl2N2O5S. The van der Waals surface area contributed by atoms with E-state index in [0.29, 0.717) is 16.3 Å². The third-order valence-electron chi connectivity index (χ3n) is 3.87. The van der Waals surface area contributed by atoms with Crippen molar-refractivity contribution < 1.29 is 23.4 Å². The van der Waals surface area contributed by atoms with Crippen LogP contribution in [0.3, 0.4) is 0 Å². The van der Waals surface area contributed by atoms with Gasteiger partial charge in [-0.05, 0) is 35.9 Å². The van der Waals surface area contributed by atoms with Gasteiger partial charge in [-0.2, -0.15) is 0 Å². The molecule has 1 amide bonds. The van der Waals surface area contributed by atoms with Crippen LogP contribution in [0, 0.1) is 0 Å². The summed E-state index contributed by atoms with van der Waals surface area (Å²) in [6.45, 7) is -0.582. The summed E-state index contributed by atoms with van der Waals surface area (Å²) in [5.74, 6) is -0.456. The number of sulfonamides is 1. The maximum absolute atomic E-state index is 12.3. The van der Waals surface area contributed by atoms with Crippen molar-refractivity contribution in [3.63, 3.8) is 0 Å². The molecule has 0 saturated carbocycles. The van der Waals surface area contributed by atoms with Crippen LogP contribution in [0.15, 0.2) is 42.5 Å². The Balaban J connectivity index is 2.23. The molecule has 0 radical (unpaired) electrons. The molecule has 0 aliphatic rings. The zero-order valence-electron chi connectivity index (χ0n) is 15.0. The maximum atomic E-state index is 12.3. The number of nitrogens with zero attached hydrogens (tertiary/aromatic N) is 1. The Morgan fingerprint density at radius 1 is 1.18 bits per heavy atom. The van der Waals surface area contributed by atoms with Crippen molar-refractivity contribution in [3.05, 3.63) is 63.6 Å². The summed E-state index contributed by atoms with van der Waals surface area (Å²) < 4.78 is 25.7. The fourth-order valence-electron chi connectivity index (χ4n) is 2.38. The molecule has 0 aliphatic heterocycles. The smallest absolute Gasteiger partial charge is 0.251 e. The minimum atomic E-state index is -3.63. The van der Waals surface area contributed by atoms with Crippen LogP contribution in [0.2, 0.25) is 10.0 Å². The molecule has 0 bridgehead atoms. The van der Waals surface area contributed by atoms with E-state index in [-0.39, 0.29) is 23.7 Å². The van der Waals surface area contributed by atoms with Crippen LogP contribution in [-0.2, 0) is 16.6 Å². The summed E-state index contributed by atoms with van der Waals surface area (Å²) in [6.07, 6.45) is 0.0221. The number of aliphatic hydroxyl groups is 2. The van der Waals surface area contributed by atoms with Crippen molar-refractivity contribution >= 4 is 44.8 Å². The lowest BCUT2D eigenvalue weighted by atomic mass is 10.1. The molecular weight excluding hydrogens is 427 g/mol. The minimum absolute atomic E-state index is 0.0214. The quantitative estimate of drug-likeness (QED) is 0.574. The number of benzene rings is 2. The van der Waals surface area contributed by atoms with Crippen molar-refractivity contribution in [1.29, 1.82) is 0 Å². The van der Waals surface area contributed by atoms with Crippen molar-refractivity contribution in [2.45, 2.75) is 12.6 Å². The van der Waals surface area contributed by atoms with Crippen molar-refractivity contribution in [1.82, 2.24) is 5.32 Å². The molecule has 0 spiro atoms. The average molecular weight is 447 g/mol. The third kappa shape index (κ3) is 5.83. The number of hydrogen-bond acceptors (Lipinski definition) is 5. The monoisotopic (exact) mass is 446 g/mol. The zero-order chi connectivity index (χ0) is 20.9. The first kappa shape index (κ1) is 22.4. The van der Waals surface area contributed by atoms with E-state index < -0.39 is 28.6 Å². The van der Waals surface area contributed by atoms with Gasteiger partial charge >= 0.3 is 0 Å². The molecule has 1 atom stereocenters. The SMILES string of the molecule is CS(=O)(=O)N(Cc1cccc(Cl)c1Cl)c1ccc(C(=O)NCC(O)CO)cc1. The van der Waals surface area contributed by atoms with E-state index in [9.17, 15) is 18.3 Å². The van der Waals surface area contributed by atoms with Gasteiger partial charge in [0, 0.05) is 12.1 Å². The summed E-state index contributed by atoms with van der Waals surface area (Å²) in [7, 11) is -3.63. The van der Waals surface area contributed by atoms with E-state index in [1.54, 1.807) is 18.2 Å². The molecule has 0 saturated heterocycles. The lowest BCUT2D eigenvalue weighted by Crippen LogP contribution is -2.34. The molecule has 152 valence electrons. The molecule has 1 unspecified atom stereocenters. The molecule has 2 rings (SSSR count). The van der Waals surface area contributed by atoms with Gasteiger partial charge in [0.2, 0.25) is 10.0 Å². The van der Waals surface area contributed by atoms with Gasteiger partial charge in [0.25, 0.3) is 5.91 Å². The van der Waals surface area contributed by atoms with E-state index >= 15 is 0 Å². The fraction of sp³-hybridized carbons (Fsp3) is 0.278. The van der Waals surface area contributed by atoms with Gasteiger partial charge in [0.15, 0.2) is 0 Å². The van der Waals surface area contributed by atoms with Crippen molar-refractivity contribution in [2.75, 3.05) is 23.7 Å². The number of anilines is 1. The first-order valence-electron chi connectivity index (χ1n) is 8.21. The predicted octanol–water partition coefficient (Wildman–Crippen LogP) is 2.04. The van der Waals surface area contributed by atoms with E-state index in [0.717, 1.165) is 10.6 Å². The number of aliphatic hydroxyl groups excluding tert-OH is 2. The Kier molecular flexibility index (Phi) is 7.68. The highest BCUT2D eigenvalue weighted by Gasteiger charge is 2.20. The van der Waals surface area contributed by atoms with Crippen LogP contribution in [0.5, 0.6) is 0 Å². The van der Waals surface area contributed by atoms with Crippen LogP contribution < -0.4 is 9.62 Å². The highest BCUT2D eigenvalue weighted by molar-refractivity contribution is 7.92. The van der Waals surface area contributed by atoms with E-state index in [1.807, 2.05) is 0 Å². The number of nitrogens with one attached hydrogen (secondary N) is 1. The number of carbonyl (C=O) groups is 1. The van der Waals surface area contributed by atoms with Gasteiger partial charge in [-0.3, -0.25) is 9.10 Å². The molecule has 0 fully saturated rings. The largest absolute Gasteiger partial charge is 0.394 e. The number of halogens is 2. The molecule has 3 N–H and O–H groups in total. The maximum Gasteiger partial charge on any atom is 0.251 e. The standard InChI is InChI=1S/C18H20Cl2N2O5S/c1-28(26,27)22(10-13-3-2-4-16(19)17(13)20)14-7-5-12(6-8-14)18(25)21-9-15(24)11-23/h2-8,15,23-24H,9-11H2,1H3,(H,21,25). The summed E-state index contributed by atoms with van der Waals surface area (Å²) in [5.41, 5.74) is 1.17. The molecule has 0 aromatic heterocycles. The zero-order valence-corrected chi connectivity index (χ0v) is 17.3. The second kappa shape index (κ2) is 9.58. The Hall–Kier alpha value is -1.84. The molecule has 7 nitrogen and oxygen atoms in total. The Bertz CT molecular complexity index is 935. The van der Waals surface area contributed by atoms with E-state index in [1.165, 1.54) is 24.3 Å². The van der Waals surface area contributed by atoms with Gasteiger partial charge < -0.3 is 15.5 Å². The number of carbonyl (C=O) groups excluding carboxylic acids is 1. The highest BCUT2D eigenvalue weighted by atomic mass is 35.5. The third-order valence-corrected chi connectivity index (χ3v) is 5.87. The van der Waals surface area contributed by atoms with E-state index in [4.69, 9.17) is 28.3 Å². The molecule has 0 heterocycles. The Morgan fingerprint density at radius 2 is 1.82 bits per heavy atom. The number of hydrogen-bond donors (Lipinski definition) is 3. The second-order valence-electron chi connectivity index (χ2n) is 6.08. The lowest BCUT2D eigenvalue weighted by molar-refractivity contribution is 0.0802. The van der Waals surface area contributed by atoms with E-state index in [2.05, 4.69) is 5.32 Å². The van der Waals surface area contributed by atoms with Crippen LogP contribution in [0.4, 0.5) is 5.69 Å². The molecule has 2 aromatic rings. The normalized spacial score (nSPS) is 12.5. The molecule has 28 heavy (non-hydrogen) atoms. The minimum Gasteiger partial charge on any atom is -0.394 e. The lowest BCUT2D eigenvalue weighted by Gasteiger charge is -2.23. The van der Waals surface area contributed by atoms with Crippen molar-refractivity contribution in [2.24, 2.45) is 0 Å². The first-order chi connectivity index (χ1) is 13.1. The van der Waals surface area contributed by atoms with Crippen LogP contribution in [-0.4, -0.2) is 50.0 Å². The summed E-state index contributed by atoms with van der Waals surface area (Å²) in [6, 6.07) is 10.9. The van der Waals surface area contributed by atoms with Crippen LogP contribution >= 0.6 is 23.2 Å². The number of amides is 1. The second-order valence-corrected chi connectivity index (χ2v) is 8.77. The van der Waals surface area contributed by atoms with Gasteiger partial charge in [-0.25, -0.2) is 8.42 Å². The topological polar surface area (TPSA) is 107 Å². The average Bonchev–Trinajstić information content (AvgIpc) is 2.66. The van der Waals surface area contributed by atoms with Crippen LogP contribution in [0.1, 0.15) is 15.9 Å². The Morgan fingerprint density at radius 3 is 2.39 bits per heavy atom. The fourth-order valence-corrected chi connectivity index (χ4v) is 3.64. The van der Waals surface area contributed by atoms with Gasteiger partial charge in [-0.1, -0.05) is 35.3 Å². The summed E-state index contributed by atoms with van der Waals surface area (Å²) >= 11 is 12.2. The Labute approximate surface area is 173 Å². The van der Waals surface area contributed by atoms with Crippen LogP contribution in [0.25, 0.3) is 0 Å². The van der Waals surface area contributed by atoms with Gasteiger partial charge in [0.05, 0.1) is 41.2 Å². The van der Waals surface area contributed by atoms with Gasteiger partial charge in [0.1, 0.15) is 0 Å². The molecule has 10 heteroatoms. The number of rotatable bonds is 8.